The van der Waals surface area contributed by atoms with Gasteiger partial charge in [0.2, 0.25) is 0 Å². The van der Waals surface area contributed by atoms with E-state index in [9.17, 15) is 4.20 Å². The molecular weight excluding hydrogens is 318 g/mol. The lowest BCUT2D eigenvalue weighted by molar-refractivity contribution is -0.921. The molecule has 7 heteroatoms. The number of halogens is 1. The van der Waals surface area contributed by atoms with Gasteiger partial charge in [-0.3, -0.25) is 0 Å². The van der Waals surface area contributed by atoms with E-state index >= 15 is 0 Å². The Morgan fingerprint density at radius 3 is 0.696 bits per heavy atom. The van der Waals surface area contributed by atoms with Gasteiger partial charge in [-0.25, -0.2) is 4.20 Å². The van der Waals surface area contributed by atoms with E-state index in [-0.39, 0.29) is 0 Å². The Kier molecular flexibility index (Phi) is 17.4. The lowest BCUT2D eigenvalue weighted by Gasteiger charge is -2.34. The lowest BCUT2D eigenvalue weighted by atomic mass is 10.3. The molecule has 0 aromatic heterocycles. The molecule has 144 valence electrons. The minimum absolute atomic E-state index is 1.28. The van der Waals surface area contributed by atoms with Crippen LogP contribution in [0.4, 0.5) is 4.20 Å². The maximum absolute atomic E-state index is 10.1. The summed E-state index contributed by atoms with van der Waals surface area (Å²) >= 11 is 0. The fourth-order valence-corrected chi connectivity index (χ4v) is 2.68. The van der Waals surface area contributed by atoms with Gasteiger partial charge in [0, 0.05) is 0 Å². The van der Waals surface area contributed by atoms with E-state index in [1.807, 2.05) is 0 Å². The molecule has 0 amide bonds. The highest BCUT2D eigenvalue weighted by molar-refractivity contribution is 7.42. The Hall–Kier alpha value is -0.0000000000000000555. The number of nitrogens with zero attached hydrogens (tertiary/aromatic N) is 2. The third kappa shape index (κ3) is 15.3. The lowest BCUT2D eigenvalue weighted by Crippen LogP contribution is -2.47. The fraction of sp³-hybridized carbons (Fsp3) is 1.00. The van der Waals surface area contributed by atoms with E-state index in [0.717, 1.165) is 0 Å². The fourth-order valence-electron chi connectivity index (χ4n) is 2.68. The molecular formula is C16H40FN2O3P. The summed E-state index contributed by atoms with van der Waals surface area (Å²) in [6.07, 6.45) is 0. The van der Waals surface area contributed by atoms with Gasteiger partial charge < -0.3 is 23.3 Å². The summed E-state index contributed by atoms with van der Waals surface area (Å²) < 4.78 is 21.1. The Bertz CT molecular complexity index is 240. The molecule has 0 rings (SSSR count). The molecule has 0 spiro atoms. The topological polar surface area (TPSA) is 63.2 Å². The normalized spacial score (nSPS) is 12.0. The molecule has 0 saturated carbocycles. The van der Waals surface area contributed by atoms with Gasteiger partial charge in [0.25, 0.3) is 0 Å². The van der Waals surface area contributed by atoms with Crippen molar-refractivity contribution in [3.05, 3.63) is 0 Å². The summed E-state index contributed by atoms with van der Waals surface area (Å²) in [7, 11) is -5.64. The van der Waals surface area contributed by atoms with E-state index in [0.29, 0.717) is 0 Å². The molecule has 0 aliphatic heterocycles. The van der Waals surface area contributed by atoms with Crippen molar-refractivity contribution >= 4 is 7.91 Å². The third-order valence-corrected chi connectivity index (χ3v) is 5.37. The van der Waals surface area contributed by atoms with Crippen LogP contribution < -0.4 is 9.79 Å². The second-order valence-corrected chi connectivity index (χ2v) is 6.50. The van der Waals surface area contributed by atoms with Crippen LogP contribution in [0.1, 0.15) is 55.4 Å². The highest BCUT2D eigenvalue weighted by atomic mass is 31.2. The first-order chi connectivity index (χ1) is 10.5. The van der Waals surface area contributed by atoms with Crippen LogP contribution in [0.3, 0.4) is 0 Å². The molecule has 0 unspecified atom stereocenters. The predicted octanol–water partition coefficient (Wildman–Crippen LogP) is 2.55. The number of rotatable bonds is 8. The highest BCUT2D eigenvalue weighted by Crippen LogP contribution is 2.22. The molecule has 0 aliphatic carbocycles. The van der Waals surface area contributed by atoms with E-state index in [4.69, 9.17) is 14.4 Å². The maximum Gasteiger partial charge on any atom is 0.110 e. The monoisotopic (exact) mass is 358 g/mol. The van der Waals surface area contributed by atoms with Gasteiger partial charge in [0.1, 0.15) is 7.91 Å². The van der Waals surface area contributed by atoms with Crippen molar-refractivity contribution in [1.29, 1.82) is 0 Å². The summed E-state index contributed by atoms with van der Waals surface area (Å²) in [5, 5.41) is 0. The zero-order valence-corrected chi connectivity index (χ0v) is 17.5. The van der Waals surface area contributed by atoms with Crippen LogP contribution in [-0.2, 0) is 4.57 Å². The average Bonchev–Trinajstić information content (AvgIpc) is 2.52. The van der Waals surface area contributed by atoms with E-state index < -0.39 is 7.91 Å². The SMILES string of the molecule is CC[N+](CC)(CC)CC.CC[N+](CC)(CC)CC.O=P([O-])([O-])F. The molecule has 0 radical (unpaired) electrons. The van der Waals surface area contributed by atoms with Crippen molar-refractivity contribution in [2.45, 2.75) is 55.4 Å². The minimum atomic E-state index is -5.64. The molecule has 5 nitrogen and oxygen atoms in total. The number of quaternary nitrogens is 2. The summed E-state index contributed by atoms with van der Waals surface area (Å²) in [6.45, 7) is 28.4. The molecule has 0 aliphatic rings. The maximum atomic E-state index is 10.1. The third-order valence-electron chi connectivity index (χ3n) is 5.37. The minimum Gasteiger partial charge on any atom is -0.786 e. The van der Waals surface area contributed by atoms with Gasteiger partial charge in [0.05, 0.1) is 52.4 Å². The molecule has 0 fully saturated rings. The first-order valence-corrected chi connectivity index (χ1v) is 10.3. The average molecular weight is 358 g/mol. The zero-order chi connectivity index (χ0) is 19.2. The van der Waals surface area contributed by atoms with Gasteiger partial charge in [0.15, 0.2) is 0 Å². The van der Waals surface area contributed by atoms with Crippen molar-refractivity contribution in [3.63, 3.8) is 0 Å². The van der Waals surface area contributed by atoms with Crippen LogP contribution >= 0.6 is 7.91 Å². The summed E-state index contributed by atoms with van der Waals surface area (Å²) in [5.74, 6) is 0. The molecule has 0 N–H and O–H groups in total. The van der Waals surface area contributed by atoms with E-state index in [2.05, 4.69) is 55.4 Å². The van der Waals surface area contributed by atoms with Crippen molar-refractivity contribution < 1.29 is 27.5 Å². The van der Waals surface area contributed by atoms with Crippen LogP contribution in [0.25, 0.3) is 0 Å². The van der Waals surface area contributed by atoms with Crippen molar-refractivity contribution in [1.82, 2.24) is 0 Å². The van der Waals surface area contributed by atoms with Gasteiger partial charge in [-0.2, -0.15) is 0 Å². The van der Waals surface area contributed by atoms with Crippen molar-refractivity contribution in [2.75, 3.05) is 52.4 Å². The second kappa shape index (κ2) is 14.4. The van der Waals surface area contributed by atoms with Crippen molar-refractivity contribution in [2.24, 2.45) is 0 Å². The summed E-state index contributed by atoms with van der Waals surface area (Å²) in [4.78, 5) is 16.9. The number of hydrogen-bond acceptors (Lipinski definition) is 3. The Balaban J connectivity index is -0.000000273. The van der Waals surface area contributed by atoms with Gasteiger partial charge in [-0.15, -0.1) is 0 Å². The van der Waals surface area contributed by atoms with Gasteiger partial charge >= 0.3 is 0 Å². The summed E-state index contributed by atoms with van der Waals surface area (Å²) in [6, 6.07) is 0. The Morgan fingerprint density at radius 1 is 0.609 bits per heavy atom. The van der Waals surface area contributed by atoms with E-state index in [1.165, 1.54) is 61.3 Å². The largest absolute Gasteiger partial charge is 0.786 e. The van der Waals surface area contributed by atoms with Gasteiger partial charge in [-0.1, -0.05) is 0 Å². The molecule has 0 heterocycles. The zero-order valence-electron chi connectivity index (χ0n) is 16.6. The first-order valence-electron chi connectivity index (χ1n) is 8.90. The summed E-state index contributed by atoms with van der Waals surface area (Å²) in [5.41, 5.74) is 0. The Morgan fingerprint density at radius 2 is 0.696 bits per heavy atom. The molecule has 0 atom stereocenters. The molecule has 0 aromatic rings. The van der Waals surface area contributed by atoms with Crippen LogP contribution in [0.5, 0.6) is 0 Å². The second-order valence-electron chi connectivity index (χ2n) is 5.64. The van der Waals surface area contributed by atoms with Crippen LogP contribution in [-0.4, -0.2) is 61.3 Å². The van der Waals surface area contributed by atoms with Crippen LogP contribution in [0.15, 0.2) is 0 Å². The van der Waals surface area contributed by atoms with Crippen LogP contribution in [0, 0.1) is 0 Å². The number of hydrogen-bond donors (Lipinski definition) is 0. The molecule has 23 heavy (non-hydrogen) atoms. The van der Waals surface area contributed by atoms with Crippen molar-refractivity contribution in [3.8, 4) is 0 Å². The molecule has 0 bridgehead atoms. The van der Waals surface area contributed by atoms with Gasteiger partial charge in [-0.05, 0) is 55.4 Å². The predicted molar refractivity (Wildman–Crippen MR) is 93.6 cm³/mol. The Labute approximate surface area is 144 Å². The van der Waals surface area contributed by atoms with E-state index in [1.54, 1.807) is 0 Å². The molecule has 0 aromatic carbocycles. The first kappa shape index (κ1) is 27.8. The highest BCUT2D eigenvalue weighted by Gasteiger charge is 2.16. The smallest absolute Gasteiger partial charge is 0.110 e. The standard InChI is InChI=1S/2C8H20N.FH2O3P/c2*1-5-9(6-2,7-3)8-4;1-5(2,3)4/h2*5-8H2,1-4H3;(H2,2,3,4)/q2*+1;/p-2. The van der Waals surface area contributed by atoms with Crippen LogP contribution in [0.2, 0.25) is 0 Å². The quantitative estimate of drug-likeness (QED) is 0.495. The molecule has 0 saturated heterocycles.